The van der Waals surface area contributed by atoms with E-state index in [0.717, 1.165) is 18.4 Å². The molecule has 1 aromatic carbocycles. The van der Waals surface area contributed by atoms with Crippen LogP contribution < -0.4 is 5.73 Å². The Morgan fingerprint density at radius 3 is 2.54 bits per heavy atom. The van der Waals surface area contributed by atoms with Gasteiger partial charge in [-0.3, -0.25) is 0 Å². The van der Waals surface area contributed by atoms with E-state index in [-0.39, 0.29) is 6.10 Å². The van der Waals surface area contributed by atoms with Gasteiger partial charge >= 0.3 is 0 Å². The molecule has 0 bridgehead atoms. The van der Waals surface area contributed by atoms with Crippen molar-refractivity contribution < 1.29 is 5.11 Å². The van der Waals surface area contributed by atoms with Crippen LogP contribution in [-0.4, -0.2) is 5.11 Å². The second-order valence-corrected chi connectivity index (χ2v) is 3.76. The summed E-state index contributed by atoms with van der Waals surface area (Å²) in [6.45, 7) is 0. The van der Waals surface area contributed by atoms with Crippen LogP contribution in [0.3, 0.4) is 0 Å². The molecular formula is C11H15NO. The first-order valence-electron chi connectivity index (χ1n) is 4.81. The SMILES string of the molecule is Nc1ccccc1C(O)C1CCC1. The predicted molar refractivity (Wildman–Crippen MR) is 53.2 cm³/mol. The van der Waals surface area contributed by atoms with Gasteiger partial charge in [0.1, 0.15) is 0 Å². The van der Waals surface area contributed by atoms with Crippen LogP contribution in [-0.2, 0) is 0 Å². The first kappa shape index (κ1) is 8.57. The van der Waals surface area contributed by atoms with E-state index in [1.54, 1.807) is 0 Å². The zero-order valence-corrected chi connectivity index (χ0v) is 7.61. The van der Waals surface area contributed by atoms with Gasteiger partial charge < -0.3 is 10.8 Å². The van der Waals surface area contributed by atoms with Gasteiger partial charge in [0, 0.05) is 11.3 Å². The molecule has 1 aromatic rings. The summed E-state index contributed by atoms with van der Waals surface area (Å²) in [6.07, 6.45) is 3.16. The molecule has 2 rings (SSSR count). The number of nitrogen functional groups attached to an aromatic ring is 1. The summed E-state index contributed by atoms with van der Waals surface area (Å²) in [5, 5.41) is 9.94. The molecule has 1 aliphatic rings. The molecule has 2 nitrogen and oxygen atoms in total. The topological polar surface area (TPSA) is 46.2 Å². The average Bonchev–Trinajstić information content (AvgIpc) is 2.01. The Hall–Kier alpha value is -1.02. The highest BCUT2D eigenvalue weighted by molar-refractivity contribution is 5.47. The summed E-state index contributed by atoms with van der Waals surface area (Å²) in [6, 6.07) is 7.58. The van der Waals surface area contributed by atoms with Crippen molar-refractivity contribution in [2.75, 3.05) is 5.73 Å². The largest absolute Gasteiger partial charge is 0.398 e. The van der Waals surface area contributed by atoms with Crippen molar-refractivity contribution >= 4 is 5.69 Å². The monoisotopic (exact) mass is 177 g/mol. The Kier molecular flexibility index (Phi) is 2.23. The lowest BCUT2D eigenvalue weighted by Crippen LogP contribution is -2.20. The number of aliphatic hydroxyl groups excluding tert-OH is 1. The van der Waals surface area contributed by atoms with Crippen molar-refractivity contribution in [3.05, 3.63) is 29.8 Å². The van der Waals surface area contributed by atoms with E-state index in [1.807, 2.05) is 24.3 Å². The molecule has 70 valence electrons. The Morgan fingerprint density at radius 1 is 1.31 bits per heavy atom. The van der Waals surface area contributed by atoms with Crippen LogP contribution >= 0.6 is 0 Å². The number of aliphatic hydroxyl groups is 1. The molecular weight excluding hydrogens is 162 g/mol. The van der Waals surface area contributed by atoms with E-state index in [4.69, 9.17) is 5.73 Å². The third-order valence-electron chi connectivity index (χ3n) is 2.91. The van der Waals surface area contributed by atoms with E-state index in [2.05, 4.69) is 0 Å². The zero-order chi connectivity index (χ0) is 9.26. The lowest BCUT2D eigenvalue weighted by Gasteiger charge is -2.31. The van der Waals surface area contributed by atoms with Crippen molar-refractivity contribution in [1.29, 1.82) is 0 Å². The Bertz CT molecular complexity index is 294. The number of hydrogen-bond acceptors (Lipinski definition) is 2. The van der Waals surface area contributed by atoms with Crippen LogP contribution in [0.1, 0.15) is 30.9 Å². The first-order chi connectivity index (χ1) is 6.29. The number of rotatable bonds is 2. The summed E-state index contributed by atoms with van der Waals surface area (Å²) < 4.78 is 0. The van der Waals surface area contributed by atoms with Crippen LogP contribution in [0.2, 0.25) is 0 Å². The fraction of sp³-hybridized carbons (Fsp3) is 0.455. The quantitative estimate of drug-likeness (QED) is 0.679. The van der Waals surface area contributed by atoms with E-state index in [0.29, 0.717) is 11.6 Å². The van der Waals surface area contributed by atoms with Crippen LogP contribution in [0.25, 0.3) is 0 Å². The molecule has 0 amide bonds. The zero-order valence-electron chi connectivity index (χ0n) is 7.61. The fourth-order valence-electron chi connectivity index (χ4n) is 1.79. The molecule has 3 N–H and O–H groups in total. The number of hydrogen-bond donors (Lipinski definition) is 2. The Morgan fingerprint density at radius 2 is 2.00 bits per heavy atom. The summed E-state index contributed by atoms with van der Waals surface area (Å²) in [4.78, 5) is 0. The average molecular weight is 177 g/mol. The van der Waals surface area contributed by atoms with Crippen molar-refractivity contribution in [2.45, 2.75) is 25.4 Å². The van der Waals surface area contributed by atoms with Gasteiger partial charge in [0.15, 0.2) is 0 Å². The van der Waals surface area contributed by atoms with Gasteiger partial charge in [-0.1, -0.05) is 24.6 Å². The summed E-state index contributed by atoms with van der Waals surface area (Å²) in [7, 11) is 0. The highest BCUT2D eigenvalue weighted by atomic mass is 16.3. The van der Waals surface area contributed by atoms with Crippen LogP contribution in [0.5, 0.6) is 0 Å². The number of nitrogens with two attached hydrogens (primary N) is 1. The first-order valence-corrected chi connectivity index (χ1v) is 4.81. The smallest absolute Gasteiger partial charge is 0.0838 e. The van der Waals surface area contributed by atoms with Gasteiger partial charge in [-0.15, -0.1) is 0 Å². The fourth-order valence-corrected chi connectivity index (χ4v) is 1.79. The molecule has 1 aliphatic carbocycles. The molecule has 0 aromatic heterocycles. The lowest BCUT2D eigenvalue weighted by atomic mass is 9.78. The number of anilines is 1. The predicted octanol–water partition coefficient (Wildman–Crippen LogP) is 2.10. The maximum atomic E-state index is 9.94. The third kappa shape index (κ3) is 1.54. The maximum Gasteiger partial charge on any atom is 0.0838 e. The van der Waals surface area contributed by atoms with E-state index in [9.17, 15) is 5.11 Å². The number of benzene rings is 1. The molecule has 13 heavy (non-hydrogen) atoms. The van der Waals surface area contributed by atoms with Gasteiger partial charge in [-0.25, -0.2) is 0 Å². The summed E-state index contributed by atoms with van der Waals surface area (Å²) in [5.41, 5.74) is 7.38. The summed E-state index contributed by atoms with van der Waals surface area (Å²) >= 11 is 0. The van der Waals surface area contributed by atoms with E-state index < -0.39 is 0 Å². The molecule has 1 unspecified atom stereocenters. The van der Waals surface area contributed by atoms with E-state index in [1.165, 1.54) is 6.42 Å². The molecule has 1 saturated carbocycles. The normalized spacial score (nSPS) is 19.5. The van der Waals surface area contributed by atoms with Crippen molar-refractivity contribution in [3.63, 3.8) is 0 Å². The third-order valence-corrected chi connectivity index (χ3v) is 2.91. The van der Waals surface area contributed by atoms with Crippen molar-refractivity contribution in [1.82, 2.24) is 0 Å². The molecule has 0 radical (unpaired) electrons. The second kappa shape index (κ2) is 3.38. The standard InChI is InChI=1S/C11H15NO/c12-10-7-2-1-6-9(10)11(13)8-4-3-5-8/h1-2,6-8,11,13H,3-5,12H2. The van der Waals surface area contributed by atoms with Gasteiger partial charge in [0.05, 0.1) is 6.10 Å². The van der Waals surface area contributed by atoms with Crippen molar-refractivity contribution in [2.24, 2.45) is 5.92 Å². The Balaban J connectivity index is 2.18. The second-order valence-electron chi connectivity index (χ2n) is 3.76. The minimum Gasteiger partial charge on any atom is -0.398 e. The van der Waals surface area contributed by atoms with Crippen LogP contribution in [0, 0.1) is 5.92 Å². The molecule has 0 heterocycles. The van der Waals surface area contributed by atoms with Crippen LogP contribution in [0.4, 0.5) is 5.69 Å². The highest BCUT2D eigenvalue weighted by Crippen LogP contribution is 2.38. The van der Waals surface area contributed by atoms with Gasteiger partial charge in [0.2, 0.25) is 0 Å². The van der Waals surface area contributed by atoms with Gasteiger partial charge in [0.25, 0.3) is 0 Å². The molecule has 0 aliphatic heterocycles. The molecule has 0 saturated heterocycles. The van der Waals surface area contributed by atoms with Crippen LogP contribution in [0.15, 0.2) is 24.3 Å². The van der Waals surface area contributed by atoms with Gasteiger partial charge in [-0.05, 0) is 24.8 Å². The highest BCUT2D eigenvalue weighted by Gasteiger charge is 2.27. The maximum absolute atomic E-state index is 9.94. The van der Waals surface area contributed by atoms with Gasteiger partial charge in [-0.2, -0.15) is 0 Å². The molecule has 0 spiro atoms. The van der Waals surface area contributed by atoms with E-state index >= 15 is 0 Å². The minimum atomic E-state index is -0.352. The van der Waals surface area contributed by atoms with Crippen molar-refractivity contribution in [3.8, 4) is 0 Å². The minimum absolute atomic E-state index is 0.352. The Labute approximate surface area is 78.4 Å². The molecule has 2 heteroatoms. The molecule has 1 fully saturated rings. The molecule has 1 atom stereocenters. The summed E-state index contributed by atoms with van der Waals surface area (Å²) in [5.74, 6) is 0.435. The lowest BCUT2D eigenvalue weighted by molar-refractivity contribution is 0.0627. The number of para-hydroxylation sites is 1.